The Morgan fingerprint density at radius 3 is 2.69 bits per heavy atom. The van der Waals surface area contributed by atoms with E-state index in [0.717, 1.165) is 0 Å². The molecule has 0 aliphatic carbocycles. The quantitative estimate of drug-likeness (QED) is 0.596. The molecule has 1 saturated heterocycles. The van der Waals surface area contributed by atoms with Crippen molar-refractivity contribution in [1.82, 2.24) is 5.32 Å². The van der Waals surface area contributed by atoms with E-state index in [9.17, 15) is 9.90 Å². The van der Waals surface area contributed by atoms with Crippen molar-refractivity contribution < 1.29 is 20.1 Å². The maximum atomic E-state index is 10.8. The van der Waals surface area contributed by atoms with Crippen molar-refractivity contribution in [3.05, 3.63) is 23.8 Å². The molecular formula is C11H13NO4. The Morgan fingerprint density at radius 2 is 2.12 bits per heavy atom. The number of rotatable bonds is 2. The van der Waals surface area contributed by atoms with Gasteiger partial charge in [-0.05, 0) is 12.5 Å². The summed E-state index contributed by atoms with van der Waals surface area (Å²) in [6, 6.07) is 4.17. The van der Waals surface area contributed by atoms with E-state index in [-0.39, 0.29) is 17.5 Å². The van der Waals surface area contributed by atoms with Gasteiger partial charge in [0, 0.05) is 24.2 Å². The Balaban J connectivity index is 2.17. The molecule has 0 amide bonds. The second kappa shape index (κ2) is 4.02. The van der Waals surface area contributed by atoms with Gasteiger partial charge >= 0.3 is 5.97 Å². The fraction of sp³-hybridized carbons (Fsp3) is 0.364. The maximum absolute atomic E-state index is 10.8. The SMILES string of the molecule is O=C(O)C1CNC(c2ccc(O)cc2O)C1. The summed E-state index contributed by atoms with van der Waals surface area (Å²) in [6.45, 7) is 0.403. The second-order valence-electron chi connectivity index (χ2n) is 3.97. The highest BCUT2D eigenvalue weighted by Gasteiger charge is 2.31. The molecule has 2 atom stereocenters. The lowest BCUT2D eigenvalue weighted by Crippen LogP contribution is -2.17. The number of carboxylic acid groups (broad SMARTS) is 1. The van der Waals surface area contributed by atoms with Crippen molar-refractivity contribution in [3.8, 4) is 11.5 Å². The summed E-state index contributed by atoms with van der Waals surface area (Å²) < 4.78 is 0. The van der Waals surface area contributed by atoms with Gasteiger partial charge in [0.1, 0.15) is 11.5 Å². The zero-order valence-corrected chi connectivity index (χ0v) is 8.55. The molecular weight excluding hydrogens is 210 g/mol. The Hall–Kier alpha value is -1.75. The lowest BCUT2D eigenvalue weighted by Gasteiger charge is -2.12. The van der Waals surface area contributed by atoms with Gasteiger partial charge in [-0.2, -0.15) is 0 Å². The topological polar surface area (TPSA) is 89.8 Å². The minimum absolute atomic E-state index is 0.00553. The molecule has 1 heterocycles. The Bertz CT molecular complexity index is 418. The average Bonchev–Trinajstić information content (AvgIpc) is 2.66. The molecule has 86 valence electrons. The molecule has 5 heteroatoms. The number of aliphatic carboxylic acids is 1. The van der Waals surface area contributed by atoms with Crippen LogP contribution in [-0.2, 0) is 4.79 Å². The van der Waals surface area contributed by atoms with Crippen molar-refractivity contribution in [2.75, 3.05) is 6.54 Å². The van der Waals surface area contributed by atoms with Gasteiger partial charge in [0.2, 0.25) is 0 Å². The van der Waals surface area contributed by atoms with Crippen LogP contribution in [0.4, 0.5) is 0 Å². The molecule has 0 saturated carbocycles. The molecule has 4 N–H and O–H groups in total. The van der Waals surface area contributed by atoms with Crippen LogP contribution in [0.15, 0.2) is 18.2 Å². The molecule has 0 aromatic heterocycles. The molecule has 5 nitrogen and oxygen atoms in total. The molecule has 0 radical (unpaired) electrons. The summed E-state index contributed by atoms with van der Waals surface area (Å²) in [5.74, 6) is -1.26. The number of benzene rings is 1. The molecule has 1 aliphatic rings. The molecule has 16 heavy (non-hydrogen) atoms. The van der Waals surface area contributed by atoms with Crippen LogP contribution < -0.4 is 5.32 Å². The third-order valence-corrected chi connectivity index (χ3v) is 2.87. The highest BCUT2D eigenvalue weighted by Crippen LogP contribution is 2.34. The molecule has 1 aromatic carbocycles. The van der Waals surface area contributed by atoms with Gasteiger partial charge in [0.05, 0.1) is 5.92 Å². The molecule has 0 bridgehead atoms. The maximum Gasteiger partial charge on any atom is 0.307 e. The fourth-order valence-electron chi connectivity index (χ4n) is 1.99. The third kappa shape index (κ3) is 1.94. The predicted octanol–water partition coefficient (Wildman–Crippen LogP) is 0.833. The molecule has 2 unspecified atom stereocenters. The van der Waals surface area contributed by atoms with E-state index in [4.69, 9.17) is 10.2 Å². The van der Waals surface area contributed by atoms with E-state index in [0.29, 0.717) is 18.5 Å². The van der Waals surface area contributed by atoms with Gasteiger partial charge in [0.25, 0.3) is 0 Å². The van der Waals surface area contributed by atoms with Gasteiger partial charge in [-0.3, -0.25) is 4.79 Å². The van der Waals surface area contributed by atoms with Crippen LogP contribution in [-0.4, -0.2) is 27.8 Å². The number of carboxylic acids is 1. The smallest absolute Gasteiger partial charge is 0.307 e. The van der Waals surface area contributed by atoms with Crippen molar-refractivity contribution in [2.45, 2.75) is 12.5 Å². The minimum Gasteiger partial charge on any atom is -0.508 e. The fourth-order valence-corrected chi connectivity index (χ4v) is 1.99. The zero-order valence-electron chi connectivity index (χ0n) is 8.55. The second-order valence-corrected chi connectivity index (χ2v) is 3.97. The number of hydrogen-bond donors (Lipinski definition) is 4. The van der Waals surface area contributed by atoms with E-state index in [1.807, 2.05) is 0 Å². The van der Waals surface area contributed by atoms with Crippen LogP contribution in [0.25, 0.3) is 0 Å². The first kappa shape index (κ1) is 10.8. The van der Waals surface area contributed by atoms with Crippen LogP contribution in [0.1, 0.15) is 18.0 Å². The lowest BCUT2D eigenvalue weighted by atomic mass is 9.99. The number of carbonyl (C=O) groups is 1. The molecule has 0 spiro atoms. The highest BCUT2D eigenvalue weighted by atomic mass is 16.4. The van der Waals surface area contributed by atoms with Crippen LogP contribution in [0, 0.1) is 5.92 Å². The van der Waals surface area contributed by atoms with E-state index < -0.39 is 11.9 Å². The standard InChI is InChI=1S/C11H13NO4/c13-7-1-2-8(10(14)4-7)9-3-6(5-12-9)11(15)16/h1-2,4,6,9,12-14H,3,5H2,(H,15,16). The van der Waals surface area contributed by atoms with Crippen LogP contribution in [0.5, 0.6) is 11.5 Å². The lowest BCUT2D eigenvalue weighted by molar-refractivity contribution is -0.141. The summed E-state index contributed by atoms with van der Waals surface area (Å²) in [6.07, 6.45) is 0.452. The van der Waals surface area contributed by atoms with Gasteiger partial charge in [-0.1, -0.05) is 6.07 Å². The van der Waals surface area contributed by atoms with E-state index in [1.54, 1.807) is 6.07 Å². The number of hydrogen-bond acceptors (Lipinski definition) is 4. The first-order valence-electron chi connectivity index (χ1n) is 5.06. The normalized spacial score (nSPS) is 24.5. The summed E-state index contributed by atoms with van der Waals surface area (Å²) >= 11 is 0. The van der Waals surface area contributed by atoms with Gasteiger partial charge in [-0.25, -0.2) is 0 Å². The van der Waals surface area contributed by atoms with Crippen LogP contribution in [0.2, 0.25) is 0 Å². The first-order valence-corrected chi connectivity index (χ1v) is 5.06. The monoisotopic (exact) mass is 223 g/mol. The Kier molecular flexibility index (Phi) is 2.70. The van der Waals surface area contributed by atoms with Gasteiger partial charge in [0.15, 0.2) is 0 Å². The van der Waals surface area contributed by atoms with Crippen molar-refractivity contribution >= 4 is 5.97 Å². The van der Waals surface area contributed by atoms with E-state index in [2.05, 4.69) is 5.32 Å². The zero-order chi connectivity index (χ0) is 11.7. The minimum atomic E-state index is -0.826. The molecule has 1 aromatic rings. The Labute approximate surface area is 92.3 Å². The van der Waals surface area contributed by atoms with Crippen molar-refractivity contribution in [2.24, 2.45) is 5.92 Å². The Morgan fingerprint density at radius 1 is 1.38 bits per heavy atom. The third-order valence-electron chi connectivity index (χ3n) is 2.87. The molecule has 2 rings (SSSR count). The van der Waals surface area contributed by atoms with Crippen LogP contribution in [0.3, 0.4) is 0 Å². The van der Waals surface area contributed by atoms with E-state index >= 15 is 0 Å². The van der Waals surface area contributed by atoms with Crippen LogP contribution >= 0.6 is 0 Å². The summed E-state index contributed by atoms with van der Waals surface area (Å²) in [7, 11) is 0. The summed E-state index contributed by atoms with van der Waals surface area (Å²) in [5.41, 5.74) is 0.626. The van der Waals surface area contributed by atoms with Gasteiger partial charge < -0.3 is 20.6 Å². The van der Waals surface area contributed by atoms with Crippen molar-refractivity contribution in [1.29, 1.82) is 0 Å². The summed E-state index contributed by atoms with van der Waals surface area (Å²) in [5, 5.41) is 30.7. The average molecular weight is 223 g/mol. The number of nitrogens with one attached hydrogen (secondary N) is 1. The largest absolute Gasteiger partial charge is 0.508 e. The first-order chi connectivity index (χ1) is 7.58. The van der Waals surface area contributed by atoms with Crippen molar-refractivity contribution in [3.63, 3.8) is 0 Å². The van der Waals surface area contributed by atoms with Gasteiger partial charge in [-0.15, -0.1) is 0 Å². The predicted molar refractivity (Wildman–Crippen MR) is 56.3 cm³/mol. The molecule has 1 fully saturated rings. The molecule has 1 aliphatic heterocycles. The number of aromatic hydroxyl groups is 2. The highest BCUT2D eigenvalue weighted by molar-refractivity contribution is 5.71. The number of phenols is 2. The number of phenolic OH excluding ortho intramolecular Hbond substituents is 2. The summed E-state index contributed by atoms with van der Waals surface area (Å²) in [4.78, 5) is 10.8. The van der Waals surface area contributed by atoms with E-state index in [1.165, 1.54) is 12.1 Å².